The van der Waals surface area contributed by atoms with Gasteiger partial charge in [-0.05, 0) is 42.0 Å². The quantitative estimate of drug-likeness (QED) is 0.576. The molecule has 0 aromatic heterocycles. The fourth-order valence-electron chi connectivity index (χ4n) is 2.41. The second kappa shape index (κ2) is 8.09. The molecule has 1 heterocycles. The predicted molar refractivity (Wildman–Crippen MR) is 98.0 cm³/mol. The number of hydrazine groups is 1. The van der Waals surface area contributed by atoms with Gasteiger partial charge in [-0.1, -0.05) is 12.1 Å². The van der Waals surface area contributed by atoms with Crippen LogP contribution in [0.25, 0.3) is 0 Å². The zero-order valence-corrected chi connectivity index (χ0v) is 15.6. The number of carbonyl (C=O) groups is 1. The first-order chi connectivity index (χ1) is 13.6. The van der Waals surface area contributed by atoms with Crippen molar-refractivity contribution in [1.29, 1.82) is 0 Å². The highest BCUT2D eigenvalue weighted by Gasteiger charge is 2.29. The largest absolute Gasteiger partial charge is 0.416 e. The normalized spacial score (nSPS) is 14.1. The molecule has 3 rings (SSSR count). The van der Waals surface area contributed by atoms with Gasteiger partial charge in [0.2, 0.25) is 5.96 Å². The fourth-order valence-corrected chi connectivity index (χ4v) is 3.39. The van der Waals surface area contributed by atoms with Gasteiger partial charge in [0.05, 0.1) is 10.5 Å². The lowest BCUT2D eigenvalue weighted by Gasteiger charge is -2.10. The third kappa shape index (κ3) is 5.23. The minimum atomic E-state index is -4.42. The summed E-state index contributed by atoms with van der Waals surface area (Å²) in [6.07, 6.45) is -4.42. The number of guanidine groups is 1. The van der Waals surface area contributed by atoms with Gasteiger partial charge in [0, 0.05) is 12.1 Å². The van der Waals surface area contributed by atoms with Gasteiger partial charge in [-0.15, -0.1) is 0 Å². The third-order valence-electron chi connectivity index (χ3n) is 3.92. The van der Waals surface area contributed by atoms with Crippen LogP contribution < -0.4 is 20.9 Å². The minimum Gasteiger partial charge on any atom is -0.348 e. The van der Waals surface area contributed by atoms with Crippen molar-refractivity contribution in [1.82, 2.24) is 20.9 Å². The van der Waals surface area contributed by atoms with E-state index in [2.05, 4.69) is 25.9 Å². The van der Waals surface area contributed by atoms with Crippen LogP contribution in [-0.2, 0) is 22.7 Å². The monoisotopic (exact) mass is 427 g/mol. The first-order valence-electron chi connectivity index (χ1n) is 8.26. The molecule has 1 amide bonds. The van der Waals surface area contributed by atoms with E-state index in [0.717, 1.165) is 12.1 Å². The van der Waals surface area contributed by atoms with Gasteiger partial charge in [0.1, 0.15) is 6.67 Å². The van der Waals surface area contributed by atoms with Crippen molar-refractivity contribution < 1.29 is 26.4 Å². The standard InChI is InChI=1S/C17H16F3N5O3S/c18-17(19,20)13-5-1-11(2-6-13)9-21-15(26)12-3-7-14(8-4-12)29(27,28)25-16-22-10-23-24-16/h1-8,23H,9-10H2,(H,21,26)(H2,22,24,25). The molecule has 0 saturated carbocycles. The zero-order valence-electron chi connectivity index (χ0n) is 14.7. The molecule has 4 N–H and O–H groups in total. The molecule has 0 radical (unpaired) electrons. The summed E-state index contributed by atoms with van der Waals surface area (Å²) in [5.41, 5.74) is 5.08. The number of nitrogens with zero attached hydrogens (tertiary/aromatic N) is 1. The highest BCUT2D eigenvalue weighted by molar-refractivity contribution is 7.90. The number of rotatable bonds is 5. The van der Waals surface area contributed by atoms with Crippen molar-refractivity contribution in [2.75, 3.05) is 6.67 Å². The number of hydrogen-bond donors (Lipinski definition) is 4. The number of benzene rings is 2. The van der Waals surface area contributed by atoms with E-state index in [-0.39, 0.29) is 29.6 Å². The molecule has 0 aliphatic carbocycles. The first kappa shape index (κ1) is 20.6. The highest BCUT2D eigenvalue weighted by atomic mass is 32.2. The van der Waals surface area contributed by atoms with Crippen LogP contribution in [0.5, 0.6) is 0 Å². The minimum absolute atomic E-state index is 0.0249. The predicted octanol–water partition coefficient (Wildman–Crippen LogP) is 1.34. The van der Waals surface area contributed by atoms with E-state index in [1.807, 2.05) is 0 Å². The number of halogens is 3. The number of alkyl halides is 3. The molecule has 2 aromatic rings. The molecule has 0 spiro atoms. The van der Waals surface area contributed by atoms with Gasteiger partial charge in [-0.25, -0.2) is 23.6 Å². The summed E-state index contributed by atoms with van der Waals surface area (Å²) in [6.45, 7) is 0.257. The van der Waals surface area contributed by atoms with Gasteiger partial charge in [0.15, 0.2) is 0 Å². The van der Waals surface area contributed by atoms with Crippen molar-refractivity contribution >= 4 is 21.9 Å². The van der Waals surface area contributed by atoms with Crippen LogP contribution >= 0.6 is 0 Å². The third-order valence-corrected chi connectivity index (χ3v) is 5.27. The summed E-state index contributed by atoms with van der Waals surface area (Å²) < 4.78 is 64.4. The van der Waals surface area contributed by atoms with E-state index >= 15 is 0 Å². The molecular weight excluding hydrogens is 411 g/mol. The molecule has 12 heteroatoms. The first-order valence-corrected chi connectivity index (χ1v) is 9.74. The average Bonchev–Trinajstić information content (AvgIpc) is 3.18. The summed E-state index contributed by atoms with van der Waals surface area (Å²) in [4.78, 5) is 16.0. The van der Waals surface area contributed by atoms with Gasteiger partial charge < -0.3 is 5.32 Å². The average molecular weight is 427 g/mol. The second-order valence-electron chi connectivity index (χ2n) is 5.97. The van der Waals surface area contributed by atoms with Gasteiger partial charge >= 0.3 is 6.18 Å². The number of hydrogen-bond acceptors (Lipinski definition) is 6. The van der Waals surface area contributed by atoms with E-state index in [0.29, 0.717) is 5.56 Å². The van der Waals surface area contributed by atoms with Crippen LogP contribution in [0.1, 0.15) is 21.5 Å². The lowest BCUT2D eigenvalue weighted by Crippen LogP contribution is -2.42. The van der Waals surface area contributed by atoms with Gasteiger partial charge in [-0.2, -0.15) is 13.2 Å². The second-order valence-corrected chi connectivity index (χ2v) is 7.66. The Morgan fingerprint density at radius 1 is 1.07 bits per heavy atom. The molecule has 0 bridgehead atoms. The molecule has 0 saturated heterocycles. The van der Waals surface area contributed by atoms with E-state index < -0.39 is 27.7 Å². The maximum Gasteiger partial charge on any atom is 0.416 e. The van der Waals surface area contributed by atoms with Crippen LogP contribution in [-0.4, -0.2) is 27.0 Å². The molecule has 0 atom stereocenters. The molecule has 0 fully saturated rings. The summed E-state index contributed by atoms with van der Waals surface area (Å²) in [6, 6.07) is 9.62. The Kier molecular flexibility index (Phi) is 5.75. The Bertz CT molecular complexity index is 1020. The van der Waals surface area contributed by atoms with Crippen molar-refractivity contribution in [2.24, 2.45) is 4.99 Å². The van der Waals surface area contributed by atoms with Gasteiger partial charge in [0.25, 0.3) is 15.9 Å². The molecular formula is C17H16F3N5O3S. The molecule has 0 unspecified atom stereocenters. The number of sulfonamides is 1. The molecule has 1 aliphatic rings. The highest BCUT2D eigenvalue weighted by Crippen LogP contribution is 2.29. The Hall–Kier alpha value is -3.12. The van der Waals surface area contributed by atoms with Crippen LogP contribution in [0, 0.1) is 0 Å². The van der Waals surface area contributed by atoms with Crippen LogP contribution in [0.3, 0.4) is 0 Å². The maximum absolute atomic E-state index is 12.6. The SMILES string of the molecule is O=C(NCc1ccc(C(F)(F)F)cc1)c1ccc(S(=O)(=O)NC2=NCNN2)cc1. The maximum atomic E-state index is 12.6. The number of amides is 1. The van der Waals surface area contributed by atoms with Crippen molar-refractivity contribution in [3.05, 3.63) is 65.2 Å². The van der Waals surface area contributed by atoms with E-state index in [9.17, 15) is 26.4 Å². The summed E-state index contributed by atoms with van der Waals surface area (Å²) >= 11 is 0. The lowest BCUT2D eigenvalue weighted by atomic mass is 10.1. The zero-order chi connectivity index (χ0) is 21.1. The van der Waals surface area contributed by atoms with Crippen LogP contribution in [0.2, 0.25) is 0 Å². The Labute approximate surface area is 164 Å². The topological polar surface area (TPSA) is 112 Å². The van der Waals surface area contributed by atoms with Crippen molar-refractivity contribution in [3.8, 4) is 0 Å². The molecule has 29 heavy (non-hydrogen) atoms. The smallest absolute Gasteiger partial charge is 0.348 e. The Morgan fingerprint density at radius 3 is 2.28 bits per heavy atom. The molecule has 1 aliphatic heterocycles. The van der Waals surface area contributed by atoms with Crippen LogP contribution in [0.4, 0.5) is 13.2 Å². The summed E-state index contributed by atoms with van der Waals surface area (Å²) in [5.74, 6) is -0.434. The molecule has 2 aromatic carbocycles. The lowest BCUT2D eigenvalue weighted by molar-refractivity contribution is -0.137. The fraction of sp³-hybridized carbons (Fsp3) is 0.176. The van der Waals surface area contributed by atoms with E-state index in [1.165, 1.54) is 36.4 Å². The Balaban J connectivity index is 1.60. The number of aliphatic imine (C=N–C) groups is 1. The van der Waals surface area contributed by atoms with E-state index in [1.54, 1.807) is 0 Å². The van der Waals surface area contributed by atoms with Gasteiger partial charge in [-0.3, -0.25) is 10.2 Å². The van der Waals surface area contributed by atoms with Crippen LogP contribution in [0.15, 0.2) is 58.4 Å². The van der Waals surface area contributed by atoms with Crippen molar-refractivity contribution in [2.45, 2.75) is 17.6 Å². The summed E-state index contributed by atoms with van der Waals surface area (Å²) in [7, 11) is -3.86. The van der Waals surface area contributed by atoms with Crippen molar-refractivity contribution in [3.63, 3.8) is 0 Å². The number of carbonyl (C=O) groups excluding carboxylic acids is 1. The molecule has 8 nitrogen and oxygen atoms in total. The molecule has 154 valence electrons. The number of nitrogens with one attached hydrogen (secondary N) is 4. The summed E-state index contributed by atoms with van der Waals surface area (Å²) in [5, 5.41) is 2.57. The van der Waals surface area contributed by atoms with E-state index in [4.69, 9.17) is 0 Å². The Morgan fingerprint density at radius 2 is 1.72 bits per heavy atom.